The zero-order chi connectivity index (χ0) is 14.8. The smallest absolute Gasteiger partial charge is 0.257 e. The van der Waals surface area contributed by atoms with Gasteiger partial charge in [-0.15, -0.1) is 4.83 Å². The summed E-state index contributed by atoms with van der Waals surface area (Å²) < 4.78 is 25.0. The molecular formula is C12H21N5O2S. The number of sulfonamides is 1. The van der Waals surface area contributed by atoms with Crippen LogP contribution in [0.1, 0.15) is 33.1 Å². The van der Waals surface area contributed by atoms with E-state index in [1.807, 2.05) is 13.8 Å². The highest BCUT2D eigenvalue weighted by molar-refractivity contribution is 7.89. The molecule has 2 heterocycles. The number of anilines is 1. The summed E-state index contributed by atoms with van der Waals surface area (Å²) in [6.07, 6.45) is 5.84. The topological polar surface area (TPSA) is 100 Å². The number of pyridine rings is 1. The lowest BCUT2D eigenvalue weighted by Crippen LogP contribution is -2.54. The molecule has 1 fully saturated rings. The Morgan fingerprint density at radius 3 is 2.60 bits per heavy atom. The molecule has 2 unspecified atom stereocenters. The molecule has 0 amide bonds. The molecule has 8 heteroatoms. The molecule has 7 nitrogen and oxygen atoms in total. The van der Waals surface area contributed by atoms with E-state index in [2.05, 4.69) is 15.2 Å². The lowest BCUT2D eigenvalue weighted by atomic mass is 10.0. The van der Waals surface area contributed by atoms with Crippen LogP contribution in [0.3, 0.4) is 0 Å². The monoisotopic (exact) mass is 299 g/mol. The molecule has 0 bridgehead atoms. The Morgan fingerprint density at radius 1 is 1.35 bits per heavy atom. The number of aromatic nitrogens is 1. The van der Waals surface area contributed by atoms with Crippen LogP contribution in [0.5, 0.6) is 0 Å². The van der Waals surface area contributed by atoms with Gasteiger partial charge in [-0.1, -0.05) is 6.42 Å². The van der Waals surface area contributed by atoms with E-state index in [1.165, 1.54) is 18.5 Å². The molecule has 0 radical (unpaired) electrons. The SMILES string of the molecule is CC1CCCC(C)N1NS(=O)(=O)c1cnccc1NN. The number of hydrogen-bond donors (Lipinski definition) is 3. The van der Waals surface area contributed by atoms with E-state index < -0.39 is 10.0 Å². The van der Waals surface area contributed by atoms with Crippen molar-refractivity contribution in [1.29, 1.82) is 0 Å². The van der Waals surface area contributed by atoms with E-state index in [-0.39, 0.29) is 17.0 Å². The Morgan fingerprint density at radius 2 is 2.00 bits per heavy atom. The highest BCUT2D eigenvalue weighted by Crippen LogP contribution is 2.24. The van der Waals surface area contributed by atoms with Crippen LogP contribution in [-0.4, -0.2) is 30.5 Å². The van der Waals surface area contributed by atoms with E-state index in [1.54, 1.807) is 5.01 Å². The van der Waals surface area contributed by atoms with Gasteiger partial charge in [0.25, 0.3) is 10.0 Å². The summed E-state index contributed by atoms with van der Waals surface area (Å²) in [4.78, 5) is 6.56. The van der Waals surface area contributed by atoms with Crippen molar-refractivity contribution >= 4 is 15.7 Å². The summed E-state index contributed by atoms with van der Waals surface area (Å²) in [6, 6.07) is 1.86. The number of hydrazine groups is 2. The molecule has 2 atom stereocenters. The van der Waals surface area contributed by atoms with E-state index in [4.69, 9.17) is 5.84 Å². The quantitative estimate of drug-likeness (QED) is 0.562. The predicted molar refractivity (Wildman–Crippen MR) is 77.0 cm³/mol. The maximum atomic E-state index is 12.5. The third kappa shape index (κ3) is 3.09. The van der Waals surface area contributed by atoms with Gasteiger partial charge in [0.2, 0.25) is 0 Å². The summed E-state index contributed by atoms with van der Waals surface area (Å²) in [5, 5.41) is 1.80. The minimum Gasteiger partial charge on any atom is -0.323 e. The Labute approximate surface area is 119 Å². The molecule has 20 heavy (non-hydrogen) atoms. The number of hydrogen-bond acceptors (Lipinski definition) is 6. The van der Waals surface area contributed by atoms with Gasteiger partial charge in [-0.05, 0) is 32.8 Å². The number of nitrogen functional groups attached to an aromatic ring is 1. The van der Waals surface area contributed by atoms with Crippen molar-refractivity contribution in [2.24, 2.45) is 5.84 Å². The van der Waals surface area contributed by atoms with E-state index in [0.29, 0.717) is 5.69 Å². The molecule has 0 aliphatic carbocycles. The highest BCUT2D eigenvalue weighted by Gasteiger charge is 2.30. The Hall–Kier alpha value is -1.22. The molecule has 0 spiro atoms. The number of rotatable bonds is 4. The molecular weight excluding hydrogens is 278 g/mol. The first-order valence-electron chi connectivity index (χ1n) is 6.67. The summed E-state index contributed by atoms with van der Waals surface area (Å²) in [5.41, 5.74) is 2.71. The maximum Gasteiger partial charge on any atom is 0.257 e. The third-order valence-corrected chi connectivity index (χ3v) is 5.00. The van der Waals surface area contributed by atoms with Gasteiger partial charge in [0.1, 0.15) is 4.90 Å². The van der Waals surface area contributed by atoms with Crippen molar-refractivity contribution in [2.75, 3.05) is 5.43 Å². The molecule has 1 aromatic heterocycles. The van der Waals surface area contributed by atoms with Gasteiger partial charge in [0.15, 0.2) is 0 Å². The summed E-state index contributed by atoms with van der Waals surface area (Å²) in [5.74, 6) is 5.35. The van der Waals surface area contributed by atoms with Gasteiger partial charge >= 0.3 is 0 Å². The van der Waals surface area contributed by atoms with Crippen LogP contribution in [0.25, 0.3) is 0 Å². The Bertz CT molecular complexity index is 553. The lowest BCUT2D eigenvalue weighted by Gasteiger charge is -2.38. The van der Waals surface area contributed by atoms with Gasteiger partial charge in [-0.3, -0.25) is 10.8 Å². The van der Waals surface area contributed by atoms with E-state index in [0.717, 1.165) is 19.3 Å². The van der Waals surface area contributed by atoms with Crippen molar-refractivity contribution in [1.82, 2.24) is 14.8 Å². The fourth-order valence-corrected chi connectivity index (χ4v) is 3.85. The normalized spacial score (nSPS) is 24.6. The van der Waals surface area contributed by atoms with Crippen LogP contribution >= 0.6 is 0 Å². The minimum absolute atomic E-state index is 0.0486. The van der Waals surface area contributed by atoms with Crippen LogP contribution in [0.4, 0.5) is 5.69 Å². The second-order valence-electron chi connectivity index (χ2n) is 5.15. The van der Waals surface area contributed by atoms with Gasteiger partial charge in [-0.25, -0.2) is 13.4 Å². The van der Waals surface area contributed by atoms with Gasteiger partial charge in [0.05, 0.1) is 5.69 Å². The molecule has 0 aromatic carbocycles. The van der Waals surface area contributed by atoms with Crippen LogP contribution < -0.4 is 16.1 Å². The fraction of sp³-hybridized carbons (Fsp3) is 0.583. The second-order valence-corrected chi connectivity index (χ2v) is 6.78. The van der Waals surface area contributed by atoms with Gasteiger partial charge in [-0.2, -0.15) is 0 Å². The Balaban J connectivity index is 2.26. The van der Waals surface area contributed by atoms with Crippen LogP contribution in [0.15, 0.2) is 23.4 Å². The van der Waals surface area contributed by atoms with Crippen LogP contribution in [0.2, 0.25) is 0 Å². The largest absolute Gasteiger partial charge is 0.323 e. The van der Waals surface area contributed by atoms with Crippen molar-refractivity contribution in [3.05, 3.63) is 18.5 Å². The van der Waals surface area contributed by atoms with Crippen molar-refractivity contribution < 1.29 is 8.42 Å². The van der Waals surface area contributed by atoms with E-state index in [9.17, 15) is 8.42 Å². The highest BCUT2D eigenvalue weighted by atomic mass is 32.2. The predicted octanol–water partition coefficient (Wildman–Crippen LogP) is 0.823. The number of nitrogens with one attached hydrogen (secondary N) is 2. The summed E-state index contributed by atoms with van der Waals surface area (Å²) in [7, 11) is -3.70. The number of nitrogens with zero attached hydrogens (tertiary/aromatic N) is 2. The molecule has 1 aromatic rings. The minimum atomic E-state index is -3.70. The van der Waals surface area contributed by atoms with Crippen LogP contribution in [0, 0.1) is 0 Å². The molecule has 1 aliphatic heterocycles. The van der Waals surface area contributed by atoms with Crippen LogP contribution in [-0.2, 0) is 10.0 Å². The molecule has 112 valence electrons. The fourth-order valence-electron chi connectivity index (χ4n) is 2.50. The first-order valence-corrected chi connectivity index (χ1v) is 8.15. The molecule has 1 aliphatic rings. The molecule has 2 rings (SSSR count). The van der Waals surface area contributed by atoms with Crippen molar-refractivity contribution in [3.63, 3.8) is 0 Å². The maximum absolute atomic E-state index is 12.5. The average molecular weight is 299 g/mol. The average Bonchev–Trinajstić information content (AvgIpc) is 2.43. The first kappa shape index (κ1) is 15.2. The van der Waals surface area contributed by atoms with Gasteiger partial charge in [0, 0.05) is 24.5 Å². The standard InChI is InChI=1S/C12H21N5O2S/c1-9-4-3-5-10(2)17(9)16-20(18,19)12-8-14-7-6-11(12)15-13/h6-10,16H,3-5,13H2,1-2H3,(H,14,15). The summed E-state index contributed by atoms with van der Waals surface area (Å²) >= 11 is 0. The zero-order valence-corrected chi connectivity index (χ0v) is 12.5. The number of nitrogens with two attached hydrogens (primary N) is 1. The Kier molecular flexibility index (Phi) is 4.59. The molecule has 0 saturated carbocycles. The first-order chi connectivity index (χ1) is 9.45. The zero-order valence-electron chi connectivity index (χ0n) is 11.7. The van der Waals surface area contributed by atoms with Crippen molar-refractivity contribution in [2.45, 2.75) is 50.1 Å². The molecule has 1 saturated heterocycles. The molecule has 4 N–H and O–H groups in total. The number of piperidine rings is 1. The third-order valence-electron chi connectivity index (χ3n) is 3.65. The lowest BCUT2D eigenvalue weighted by molar-refractivity contribution is 0.0790. The van der Waals surface area contributed by atoms with E-state index >= 15 is 0 Å². The summed E-state index contributed by atoms with van der Waals surface area (Å²) in [6.45, 7) is 4.03. The van der Waals surface area contributed by atoms with Crippen molar-refractivity contribution in [3.8, 4) is 0 Å². The van der Waals surface area contributed by atoms with Gasteiger partial charge < -0.3 is 5.43 Å². The second kappa shape index (κ2) is 6.04.